The molecule has 21 heavy (non-hydrogen) atoms. The van der Waals surface area contributed by atoms with Crippen LogP contribution in [0.4, 0.5) is 14.5 Å². The highest BCUT2D eigenvalue weighted by molar-refractivity contribution is 9.09. The Morgan fingerprint density at radius 3 is 2.24 bits per heavy atom. The molecule has 0 saturated heterocycles. The number of anilines is 1. The minimum Gasteiger partial charge on any atom is -0.324 e. The van der Waals surface area contributed by atoms with E-state index in [1.807, 2.05) is 0 Å². The zero-order valence-corrected chi connectivity index (χ0v) is 13.7. The van der Waals surface area contributed by atoms with E-state index in [-0.39, 0.29) is 11.6 Å². The molecule has 1 rings (SSSR count). The van der Waals surface area contributed by atoms with Crippen molar-refractivity contribution in [3.8, 4) is 0 Å². The Bertz CT molecular complexity index is 440. The summed E-state index contributed by atoms with van der Waals surface area (Å²) in [7, 11) is 0. The molecule has 0 aliphatic carbocycles. The first kappa shape index (κ1) is 18.1. The van der Waals surface area contributed by atoms with Crippen molar-refractivity contribution in [1.29, 1.82) is 0 Å². The van der Waals surface area contributed by atoms with E-state index in [0.717, 1.165) is 36.7 Å². The van der Waals surface area contributed by atoms with Gasteiger partial charge in [-0.2, -0.15) is 0 Å². The van der Waals surface area contributed by atoms with Crippen LogP contribution in [-0.2, 0) is 4.79 Å². The number of alkyl halides is 1. The first-order chi connectivity index (χ1) is 10.1. The van der Waals surface area contributed by atoms with E-state index in [2.05, 4.69) is 21.2 Å². The van der Waals surface area contributed by atoms with Crippen LogP contribution in [0.5, 0.6) is 0 Å². The lowest BCUT2D eigenvalue weighted by molar-refractivity contribution is -0.116. The molecule has 1 N–H and O–H groups in total. The lowest BCUT2D eigenvalue weighted by Gasteiger charge is -2.06. The second-order valence-electron chi connectivity index (χ2n) is 5.09. The van der Waals surface area contributed by atoms with Crippen LogP contribution in [0.2, 0.25) is 0 Å². The van der Waals surface area contributed by atoms with Crippen molar-refractivity contribution in [3.05, 3.63) is 29.8 Å². The van der Waals surface area contributed by atoms with Gasteiger partial charge in [-0.3, -0.25) is 4.79 Å². The van der Waals surface area contributed by atoms with Crippen LogP contribution >= 0.6 is 15.9 Å². The fraction of sp³-hybridized carbons (Fsp3) is 0.562. The number of benzene rings is 1. The number of amides is 1. The number of hydrogen-bond donors (Lipinski definition) is 1. The van der Waals surface area contributed by atoms with Gasteiger partial charge in [-0.15, -0.1) is 0 Å². The molecule has 0 aromatic heterocycles. The molecule has 1 amide bonds. The van der Waals surface area contributed by atoms with Gasteiger partial charge in [0.2, 0.25) is 5.91 Å². The lowest BCUT2D eigenvalue weighted by Crippen LogP contribution is -2.12. The predicted octanol–water partition coefficient (Wildman–Crippen LogP) is 5.42. The van der Waals surface area contributed by atoms with Crippen molar-refractivity contribution in [2.45, 2.75) is 51.4 Å². The molecule has 0 aliphatic heterocycles. The molecule has 5 heteroatoms. The van der Waals surface area contributed by atoms with Gasteiger partial charge in [0.15, 0.2) is 0 Å². The second kappa shape index (κ2) is 10.7. The summed E-state index contributed by atoms with van der Waals surface area (Å²) >= 11 is 3.40. The summed E-state index contributed by atoms with van der Waals surface area (Å²) < 4.78 is 26.1. The number of unbranched alkanes of at least 4 members (excludes halogenated alkanes) is 6. The summed E-state index contributed by atoms with van der Waals surface area (Å²) in [6, 6.07) is 3.14. The van der Waals surface area contributed by atoms with E-state index >= 15 is 0 Å². The zero-order valence-electron chi connectivity index (χ0n) is 12.1. The molecule has 0 unspecified atom stereocenters. The van der Waals surface area contributed by atoms with Crippen molar-refractivity contribution in [2.24, 2.45) is 0 Å². The van der Waals surface area contributed by atoms with E-state index in [0.29, 0.717) is 6.42 Å². The van der Waals surface area contributed by atoms with E-state index in [9.17, 15) is 13.6 Å². The Hall–Kier alpha value is -0.970. The Balaban J connectivity index is 2.11. The smallest absolute Gasteiger partial charge is 0.224 e. The third-order valence-corrected chi connectivity index (χ3v) is 3.80. The van der Waals surface area contributed by atoms with Crippen LogP contribution in [0, 0.1) is 11.6 Å². The summed E-state index contributed by atoms with van der Waals surface area (Å²) in [6.07, 6.45) is 8.19. The molecule has 1 aromatic rings. The molecular formula is C16H22BrF2NO. The van der Waals surface area contributed by atoms with Crippen LogP contribution < -0.4 is 5.32 Å². The van der Waals surface area contributed by atoms with Crippen molar-refractivity contribution >= 4 is 27.5 Å². The highest BCUT2D eigenvalue weighted by atomic mass is 79.9. The number of hydrogen-bond acceptors (Lipinski definition) is 1. The number of carbonyl (C=O) groups is 1. The SMILES string of the molecule is O=C(CCCCCCCCCBr)Nc1ccc(F)cc1F. The van der Waals surface area contributed by atoms with Crippen LogP contribution in [0.3, 0.4) is 0 Å². The number of nitrogens with one attached hydrogen (secondary N) is 1. The number of halogens is 3. The third-order valence-electron chi connectivity index (χ3n) is 3.24. The van der Waals surface area contributed by atoms with Gasteiger partial charge in [0.05, 0.1) is 5.69 Å². The Labute approximate surface area is 133 Å². The predicted molar refractivity (Wildman–Crippen MR) is 85.7 cm³/mol. The van der Waals surface area contributed by atoms with Gasteiger partial charge in [-0.05, 0) is 25.0 Å². The molecule has 0 atom stereocenters. The maximum absolute atomic E-state index is 13.3. The molecule has 0 bridgehead atoms. The summed E-state index contributed by atoms with van der Waals surface area (Å²) in [5.41, 5.74) is 0.0381. The number of rotatable bonds is 10. The monoisotopic (exact) mass is 361 g/mol. The molecule has 118 valence electrons. The Kier molecular flexibility index (Phi) is 9.22. The van der Waals surface area contributed by atoms with Gasteiger partial charge in [0.1, 0.15) is 11.6 Å². The minimum absolute atomic E-state index is 0.0381. The third kappa shape index (κ3) is 8.15. The maximum Gasteiger partial charge on any atom is 0.224 e. The lowest BCUT2D eigenvalue weighted by atomic mass is 10.1. The van der Waals surface area contributed by atoms with Crippen LogP contribution in [0.15, 0.2) is 18.2 Å². The average Bonchev–Trinajstić information content (AvgIpc) is 2.45. The molecular weight excluding hydrogens is 340 g/mol. The summed E-state index contributed by atoms with van der Waals surface area (Å²) in [5, 5.41) is 3.53. The minimum atomic E-state index is -0.741. The molecule has 0 aliphatic rings. The summed E-state index contributed by atoms with van der Waals surface area (Å²) in [5.74, 6) is -1.61. The largest absolute Gasteiger partial charge is 0.324 e. The highest BCUT2D eigenvalue weighted by Crippen LogP contribution is 2.16. The molecule has 1 aromatic carbocycles. The van der Waals surface area contributed by atoms with Crippen molar-refractivity contribution in [2.75, 3.05) is 10.6 Å². The first-order valence-corrected chi connectivity index (χ1v) is 8.56. The van der Waals surface area contributed by atoms with E-state index in [1.165, 1.54) is 31.7 Å². The average molecular weight is 362 g/mol. The zero-order chi connectivity index (χ0) is 15.5. The van der Waals surface area contributed by atoms with E-state index < -0.39 is 11.6 Å². The molecule has 0 radical (unpaired) electrons. The van der Waals surface area contributed by atoms with Gasteiger partial charge in [-0.1, -0.05) is 48.0 Å². The normalized spacial score (nSPS) is 10.6. The Morgan fingerprint density at radius 1 is 1.00 bits per heavy atom. The quantitative estimate of drug-likeness (QED) is 0.437. The standard InChI is InChI=1S/C16H22BrF2NO/c17-11-7-5-3-1-2-4-6-8-16(21)20-15-10-9-13(18)12-14(15)19/h9-10,12H,1-8,11H2,(H,20,21). The fourth-order valence-electron chi connectivity index (χ4n) is 2.07. The number of carbonyl (C=O) groups excluding carboxylic acids is 1. The first-order valence-electron chi connectivity index (χ1n) is 7.44. The van der Waals surface area contributed by atoms with Gasteiger partial charge >= 0.3 is 0 Å². The van der Waals surface area contributed by atoms with Crippen molar-refractivity contribution in [3.63, 3.8) is 0 Å². The van der Waals surface area contributed by atoms with Gasteiger partial charge in [0.25, 0.3) is 0 Å². The fourth-order valence-corrected chi connectivity index (χ4v) is 2.46. The van der Waals surface area contributed by atoms with Gasteiger partial charge < -0.3 is 5.32 Å². The van der Waals surface area contributed by atoms with Crippen molar-refractivity contribution in [1.82, 2.24) is 0 Å². The topological polar surface area (TPSA) is 29.1 Å². The highest BCUT2D eigenvalue weighted by Gasteiger charge is 2.07. The Morgan fingerprint density at radius 2 is 1.62 bits per heavy atom. The van der Waals surface area contributed by atoms with Crippen LogP contribution in [0.1, 0.15) is 51.4 Å². The van der Waals surface area contributed by atoms with E-state index in [4.69, 9.17) is 0 Å². The molecule has 2 nitrogen and oxygen atoms in total. The van der Waals surface area contributed by atoms with E-state index in [1.54, 1.807) is 0 Å². The molecule has 0 fully saturated rings. The van der Waals surface area contributed by atoms with Gasteiger partial charge in [0, 0.05) is 17.8 Å². The van der Waals surface area contributed by atoms with Crippen molar-refractivity contribution < 1.29 is 13.6 Å². The molecule has 0 spiro atoms. The van der Waals surface area contributed by atoms with Crippen LogP contribution in [-0.4, -0.2) is 11.2 Å². The summed E-state index contributed by atoms with van der Waals surface area (Å²) in [4.78, 5) is 11.6. The second-order valence-corrected chi connectivity index (χ2v) is 5.88. The van der Waals surface area contributed by atoms with Crippen LogP contribution in [0.25, 0.3) is 0 Å². The van der Waals surface area contributed by atoms with Gasteiger partial charge in [-0.25, -0.2) is 8.78 Å². The molecule has 0 heterocycles. The maximum atomic E-state index is 13.3. The summed E-state index contributed by atoms with van der Waals surface area (Å²) in [6.45, 7) is 0. The molecule has 0 saturated carbocycles.